The lowest BCUT2D eigenvalue weighted by molar-refractivity contribution is 0.528. The topological polar surface area (TPSA) is 29.9 Å². The van der Waals surface area contributed by atoms with Crippen molar-refractivity contribution in [2.45, 2.75) is 38.3 Å². The van der Waals surface area contributed by atoms with Gasteiger partial charge in [0.05, 0.1) is 6.20 Å². The van der Waals surface area contributed by atoms with Crippen molar-refractivity contribution in [1.82, 2.24) is 15.1 Å². The molecule has 0 aliphatic heterocycles. The molecule has 1 saturated carbocycles. The van der Waals surface area contributed by atoms with Gasteiger partial charge >= 0.3 is 0 Å². The smallest absolute Gasteiger partial charge is 0.0540 e. The third-order valence-corrected chi connectivity index (χ3v) is 2.91. The van der Waals surface area contributed by atoms with Crippen LogP contribution < -0.4 is 5.32 Å². The molecule has 0 bridgehead atoms. The van der Waals surface area contributed by atoms with Crippen LogP contribution in [0, 0.1) is 0 Å². The third kappa shape index (κ3) is 1.37. The minimum atomic E-state index is 0.257. The first-order valence-electron chi connectivity index (χ1n) is 4.91. The molecule has 1 aromatic rings. The molecule has 1 aliphatic carbocycles. The van der Waals surface area contributed by atoms with Gasteiger partial charge in [0.25, 0.3) is 0 Å². The van der Waals surface area contributed by atoms with E-state index >= 15 is 0 Å². The summed E-state index contributed by atoms with van der Waals surface area (Å²) in [6.45, 7) is 4.30. The van der Waals surface area contributed by atoms with E-state index in [0.717, 1.165) is 0 Å². The predicted octanol–water partition coefficient (Wildman–Crippen LogP) is 1.67. The fourth-order valence-electron chi connectivity index (χ4n) is 1.68. The molecule has 3 nitrogen and oxygen atoms in total. The Morgan fingerprint density at radius 2 is 2.23 bits per heavy atom. The van der Waals surface area contributed by atoms with Crippen LogP contribution in [0.4, 0.5) is 0 Å². The molecule has 1 fully saturated rings. The molecular formula is C10H17N3. The third-order valence-electron chi connectivity index (χ3n) is 2.91. The zero-order chi connectivity index (χ0) is 9.47. The normalized spacial score (nSPS) is 19.4. The van der Waals surface area contributed by atoms with Crippen molar-refractivity contribution in [2.75, 3.05) is 7.05 Å². The average molecular weight is 179 g/mol. The Bertz CT molecular complexity index is 297. The van der Waals surface area contributed by atoms with Gasteiger partial charge in [-0.25, -0.2) is 0 Å². The molecule has 0 spiro atoms. The van der Waals surface area contributed by atoms with Gasteiger partial charge in [-0.05, 0) is 33.7 Å². The van der Waals surface area contributed by atoms with Crippen molar-refractivity contribution < 1.29 is 0 Å². The molecule has 0 saturated heterocycles. The van der Waals surface area contributed by atoms with Crippen molar-refractivity contribution >= 4 is 0 Å². The fourth-order valence-corrected chi connectivity index (χ4v) is 1.68. The first kappa shape index (κ1) is 8.75. The summed E-state index contributed by atoms with van der Waals surface area (Å²) >= 11 is 0. The maximum Gasteiger partial charge on any atom is 0.0540 e. The number of hydrogen-bond acceptors (Lipinski definition) is 2. The molecular weight excluding hydrogens is 162 g/mol. The molecule has 1 aliphatic rings. The molecule has 0 amide bonds. The minimum Gasteiger partial charge on any atom is -0.310 e. The molecule has 1 aromatic heterocycles. The highest BCUT2D eigenvalue weighted by Crippen LogP contribution is 2.44. The summed E-state index contributed by atoms with van der Waals surface area (Å²) in [5, 5.41) is 7.71. The highest BCUT2D eigenvalue weighted by atomic mass is 15.3. The molecule has 1 N–H and O–H groups in total. The maximum absolute atomic E-state index is 4.35. The molecule has 2 rings (SSSR count). The fraction of sp³-hybridized carbons (Fsp3) is 0.700. The van der Waals surface area contributed by atoms with Crippen molar-refractivity contribution in [2.24, 2.45) is 0 Å². The molecule has 0 radical (unpaired) electrons. The SMILES string of the molecule is CNC1(c2cnn(C(C)C)c2)CC1. The number of nitrogens with one attached hydrogen (secondary N) is 1. The van der Waals surface area contributed by atoms with Gasteiger partial charge in [0.2, 0.25) is 0 Å². The van der Waals surface area contributed by atoms with Crippen LogP contribution in [0.3, 0.4) is 0 Å². The highest BCUT2D eigenvalue weighted by molar-refractivity contribution is 5.25. The van der Waals surface area contributed by atoms with E-state index in [-0.39, 0.29) is 5.54 Å². The van der Waals surface area contributed by atoms with E-state index in [4.69, 9.17) is 0 Å². The van der Waals surface area contributed by atoms with E-state index in [1.165, 1.54) is 18.4 Å². The number of nitrogens with zero attached hydrogens (tertiary/aromatic N) is 2. The number of aromatic nitrogens is 2. The van der Waals surface area contributed by atoms with E-state index in [1.807, 2.05) is 17.9 Å². The summed E-state index contributed by atoms with van der Waals surface area (Å²) < 4.78 is 2.02. The molecule has 0 unspecified atom stereocenters. The molecule has 72 valence electrons. The summed E-state index contributed by atoms with van der Waals surface area (Å²) in [5.74, 6) is 0. The lowest BCUT2D eigenvalue weighted by Crippen LogP contribution is -2.23. The lowest BCUT2D eigenvalue weighted by atomic mass is 10.1. The Morgan fingerprint density at radius 3 is 2.62 bits per heavy atom. The van der Waals surface area contributed by atoms with Crippen LogP contribution in [0.25, 0.3) is 0 Å². The van der Waals surface area contributed by atoms with Gasteiger partial charge in [-0.3, -0.25) is 4.68 Å². The predicted molar refractivity (Wildman–Crippen MR) is 52.6 cm³/mol. The standard InChI is InChI=1S/C10H17N3/c1-8(2)13-7-9(6-12-13)10(11-3)4-5-10/h6-8,11H,4-5H2,1-3H3. The van der Waals surface area contributed by atoms with Crippen molar-refractivity contribution in [3.8, 4) is 0 Å². The molecule has 13 heavy (non-hydrogen) atoms. The van der Waals surface area contributed by atoms with Gasteiger partial charge in [-0.15, -0.1) is 0 Å². The molecule has 1 heterocycles. The quantitative estimate of drug-likeness (QED) is 0.765. The Morgan fingerprint density at radius 1 is 1.54 bits per heavy atom. The van der Waals surface area contributed by atoms with Crippen LogP contribution in [0.15, 0.2) is 12.4 Å². The van der Waals surface area contributed by atoms with E-state index < -0.39 is 0 Å². The summed E-state index contributed by atoms with van der Waals surface area (Å²) in [6.07, 6.45) is 6.64. The van der Waals surface area contributed by atoms with Gasteiger partial charge in [0.1, 0.15) is 0 Å². The van der Waals surface area contributed by atoms with Crippen LogP contribution in [0.5, 0.6) is 0 Å². The van der Waals surface area contributed by atoms with Crippen LogP contribution >= 0.6 is 0 Å². The van der Waals surface area contributed by atoms with Crippen molar-refractivity contribution in [3.63, 3.8) is 0 Å². The van der Waals surface area contributed by atoms with E-state index in [1.54, 1.807) is 0 Å². The lowest BCUT2D eigenvalue weighted by Gasteiger charge is -2.10. The number of rotatable bonds is 3. The Labute approximate surface area is 79.1 Å². The van der Waals surface area contributed by atoms with E-state index in [0.29, 0.717) is 6.04 Å². The van der Waals surface area contributed by atoms with Crippen LogP contribution in [-0.2, 0) is 5.54 Å². The van der Waals surface area contributed by atoms with Gasteiger partial charge < -0.3 is 5.32 Å². The highest BCUT2D eigenvalue weighted by Gasteiger charge is 2.43. The van der Waals surface area contributed by atoms with Crippen LogP contribution in [0.1, 0.15) is 38.3 Å². The van der Waals surface area contributed by atoms with Gasteiger partial charge in [0, 0.05) is 23.3 Å². The second-order valence-corrected chi connectivity index (χ2v) is 4.13. The van der Waals surface area contributed by atoms with E-state index in [9.17, 15) is 0 Å². The molecule has 3 heteroatoms. The first-order chi connectivity index (χ1) is 6.18. The Hall–Kier alpha value is -0.830. The second-order valence-electron chi connectivity index (χ2n) is 4.13. The second kappa shape index (κ2) is 2.84. The number of hydrogen-bond donors (Lipinski definition) is 1. The Kier molecular flexibility index (Phi) is 1.91. The largest absolute Gasteiger partial charge is 0.310 e. The average Bonchev–Trinajstić information content (AvgIpc) is 2.75. The van der Waals surface area contributed by atoms with Crippen molar-refractivity contribution in [3.05, 3.63) is 18.0 Å². The maximum atomic E-state index is 4.35. The molecule has 0 aromatic carbocycles. The van der Waals surface area contributed by atoms with Crippen molar-refractivity contribution in [1.29, 1.82) is 0 Å². The summed E-state index contributed by atoms with van der Waals surface area (Å²) in [5.41, 5.74) is 1.59. The minimum absolute atomic E-state index is 0.257. The zero-order valence-corrected chi connectivity index (χ0v) is 8.54. The Balaban J connectivity index is 2.23. The first-order valence-corrected chi connectivity index (χ1v) is 4.91. The zero-order valence-electron chi connectivity index (χ0n) is 8.54. The van der Waals surface area contributed by atoms with E-state index in [2.05, 4.69) is 30.5 Å². The van der Waals surface area contributed by atoms with Gasteiger partial charge in [-0.1, -0.05) is 0 Å². The monoisotopic (exact) mass is 179 g/mol. The van der Waals surface area contributed by atoms with Crippen LogP contribution in [-0.4, -0.2) is 16.8 Å². The molecule has 0 atom stereocenters. The van der Waals surface area contributed by atoms with Gasteiger partial charge in [-0.2, -0.15) is 5.10 Å². The summed E-state index contributed by atoms with van der Waals surface area (Å²) in [7, 11) is 2.03. The van der Waals surface area contributed by atoms with Gasteiger partial charge in [0.15, 0.2) is 0 Å². The van der Waals surface area contributed by atoms with Crippen LogP contribution in [0.2, 0.25) is 0 Å². The summed E-state index contributed by atoms with van der Waals surface area (Å²) in [6, 6.07) is 0.460. The summed E-state index contributed by atoms with van der Waals surface area (Å²) in [4.78, 5) is 0.